The van der Waals surface area contributed by atoms with Crippen LogP contribution < -0.4 is 16.4 Å². The van der Waals surface area contributed by atoms with Crippen molar-refractivity contribution in [3.05, 3.63) is 48.5 Å². The number of hydrogen-bond donors (Lipinski definition) is 3. The maximum Gasteiger partial charge on any atom is 0.319 e. The van der Waals surface area contributed by atoms with Crippen molar-refractivity contribution in [1.29, 1.82) is 5.26 Å². The molecule has 0 aliphatic rings. The first-order valence-electron chi connectivity index (χ1n) is 8.56. The minimum Gasteiger partial charge on any atom is -0.397 e. The van der Waals surface area contributed by atoms with E-state index in [0.717, 1.165) is 19.3 Å². The first-order chi connectivity index (χ1) is 12.9. The van der Waals surface area contributed by atoms with Crippen molar-refractivity contribution in [1.82, 2.24) is 5.32 Å². The molecule has 8 heteroatoms. The number of benzene rings is 2. The Morgan fingerprint density at radius 1 is 1.04 bits per heavy atom. The molecule has 0 unspecified atom stereocenters. The van der Waals surface area contributed by atoms with E-state index in [-0.39, 0.29) is 15.5 Å². The third-order valence-electron chi connectivity index (χ3n) is 3.89. The molecule has 7 nitrogen and oxygen atoms in total. The molecule has 0 fully saturated rings. The Kier molecular flexibility index (Phi) is 7.20. The van der Waals surface area contributed by atoms with Gasteiger partial charge in [-0.15, -0.1) is 0 Å². The van der Waals surface area contributed by atoms with E-state index in [1.54, 1.807) is 18.2 Å². The second-order valence-corrected chi connectivity index (χ2v) is 7.86. The van der Waals surface area contributed by atoms with E-state index in [9.17, 15) is 13.2 Å². The zero-order valence-electron chi connectivity index (χ0n) is 14.8. The van der Waals surface area contributed by atoms with Crippen LogP contribution in [0.25, 0.3) is 0 Å². The van der Waals surface area contributed by atoms with Gasteiger partial charge in [0.25, 0.3) is 0 Å². The molecule has 2 amide bonds. The molecule has 4 N–H and O–H groups in total. The molecule has 142 valence electrons. The highest BCUT2D eigenvalue weighted by atomic mass is 32.2. The van der Waals surface area contributed by atoms with E-state index in [1.807, 2.05) is 0 Å². The number of carbonyl (C=O) groups is 1. The van der Waals surface area contributed by atoms with Crippen molar-refractivity contribution in [2.24, 2.45) is 0 Å². The van der Waals surface area contributed by atoms with Gasteiger partial charge in [-0.3, -0.25) is 0 Å². The summed E-state index contributed by atoms with van der Waals surface area (Å²) >= 11 is 0. The summed E-state index contributed by atoms with van der Waals surface area (Å²) in [6, 6.07) is 13.9. The number of nitriles is 1. The van der Waals surface area contributed by atoms with E-state index >= 15 is 0 Å². The lowest BCUT2D eigenvalue weighted by molar-refractivity contribution is 0.252. The fourth-order valence-corrected chi connectivity index (χ4v) is 3.75. The van der Waals surface area contributed by atoms with Gasteiger partial charge in [-0.2, -0.15) is 5.26 Å². The van der Waals surface area contributed by atoms with Crippen LogP contribution >= 0.6 is 0 Å². The molecule has 0 bridgehead atoms. The number of sulfone groups is 1. The quantitative estimate of drug-likeness (QED) is 0.474. The highest BCUT2D eigenvalue weighted by molar-refractivity contribution is 7.91. The van der Waals surface area contributed by atoms with E-state index in [4.69, 9.17) is 11.0 Å². The smallest absolute Gasteiger partial charge is 0.319 e. The molecule has 0 saturated carbocycles. The zero-order valence-corrected chi connectivity index (χ0v) is 15.6. The van der Waals surface area contributed by atoms with Crippen LogP contribution in [-0.4, -0.2) is 21.0 Å². The number of urea groups is 1. The number of anilines is 2. The fourth-order valence-electron chi connectivity index (χ4n) is 2.43. The normalized spacial score (nSPS) is 10.8. The zero-order chi connectivity index (χ0) is 19.7. The predicted molar refractivity (Wildman–Crippen MR) is 104 cm³/mol. The van der Waals surface area contributed by atoms with Gasteiger partial charge in [-0.25, -0.2) is 13.2 Å². The van der Waals surface area contributed by atoms with Gasteiger partial charge in [-0.1, -0.05) is 24.6 Å². The summed E-state index contributed by atoms with van der Waals surface area (Å²) in [6.07, 6.45) is 2.96. The first-order valence-corrected chi connectivity index (χ1v) is 10.0. The van der Waals surface area contributed by atoms with E-state index in [0.29, 0.717) is 18.7 Å². The van der Waals surface area contributed by atoms with Crippen molar-refractivity contribution in [2.45, 2.75) is 35.5 Å². The van der Waals surface area contributed by atoms with E-state index in [2.05, 4.69) is 16.7 Å². The lowest BCUT2D eigenvalue weighted by Crippen LogP contribution is -2.29. The molecular formula is C19H22N4O3S. The van der Waals surface area contributed by atoms with Gasteiger partial charge in [0, 0.05) is 13.0 Å². The van der Waals surface area contributed by atoms with Crippen LogP contribution in [0, 0.1) is 11.3 Å². The van der Waals surface area contributed by atoms with Gasteiger partial charge in [0.15, 0.2) is 0 Å². The number of rotatable bonds is 8. The Hall–Kier alpha value is -3.05. The minimum absolute atomic E-state index is 0.0645. The predicted octanol–water partition coefficient (Wildman–Crippen LogP) is 3.31. The average Bonchev–Trinajstić information content (AvgIpc) is 2.67. The van der Waals surface area contributed by atoms with Gasteiger partial charge < -0.3 is 16.4 Å². The summed E-state index contributed by atoms with van der Waals surface area (Å²) in [7, 11) is -3.66. The van der Waals surface area contributed by atoms with Gasteiger partial charge in [0.1, 0.15) is 0 Å². The molecule has 0 spiro atoms. The summed E-state index contributed by atoms with van der Waals surface area (Å²) in [6.45, 7) is 0.484. The Bertz CT molecular complexity index is 922. The standard InChI is InChI=1S/C19H22N4O3S/c20-12-6-1-2-7-13-22-19(24)23-18-11-10-16(14-17(18)21)27(25,26)15-8-4-3-5-9-15/h3-5,8-11,14H,1-2,6-7,13,21H2,(H2,22,23,24). The van der Waals surface area contributed by atoms with Crippen LogP contribution in [0.1, 0.15) is 25.7 Å². The number of nitrogens with two attached hydrogens (primary N) is 1. The van der Waals surface area contributed by atoms with Crippen molar-refractivity contribution in [3.63, 3.8) is 0 Å². The van der Waals surface area contributed by atoms with Crippen molar-refractivity contribution in [2.75, 3.05) is 17.6 Å². The molecule has 0 saturated heterocycles. The summed E-state index contributed by atoms with van der Waals surface area (Å²) in [4.78, 5) is 12.2. The maximum absolute atomic E-state index is 12.6. The molecule has 0 heterocycles. The number of nitrogens with zero attached hydrogens (tertiary/aromatic N) is 1. The van der Waals surface area contributed by atoms with Crippen molar-refractivity contribution < 1.29 is 13.2 Å². The second-order valence-electron chi connectivity index (χ2n) is 5.92. The van der Waals surface area contributed by atoms with Crippen molar-refractivity contribution in [3.8, 4) is 6.07 Å². The van der Waals surface area contributed by atoms with Crippen LogP contribution in [0.15, 0.2) is 58.3 Å². The third kappa shape index (κ3) is 5.72. The number of unbranched alkanes of at least 4 members (excludes halogenated alkanes) is 3. The number of nitrogens with one attached hydrogen (secondary N) is 2. The van der Waals surface area contributed by atoms with Gasteiger partial charge >= 0.3 is 6.03 Å². The van der Waals surface area contributed by atoms with E-state index < -0.39 is 15.9 Å². The number of amides is 2. The van der Waals surface area contributed by atoms with Crippen LogP contribution in [0.5, 0.6) is 0 Å². The highest BCUT2D eigenvalue weighted by Gasteiger charge is 2.18. The molecule has 2 aromatic carbocycles. The monoisotopic (exact) mass is 386 g/mol. The molecular weight excluding hydrogens is 364 g/mol. The molecule has 0 aliphatic heterocycles. The Morgan fingerprint density at radius 2 is 1.78 bits per heavy atom. The Labute approximate surface area is 159 Å². The summed E-state index contributed by atoms with van der Waals surface area (Å²) in [5.41, 5.74) is 6.42. The number of carbonyl (C=O) groups excluding carboxylic acids is 1. The molecule has 0 atom stereocenters. The molecule has 0 aliphatic carbocycles. The Balaban J connectivity index is 1.97. The van der Waals surface area contributed by atoms with Crippen LogP contribution in [0.3, 0.4) is 0 Å². The van der Waals surface area contributed by atoms with Crippen LogP contribution in [0.4, 0.5) is 16.2 Å². The summed E-state index contributed by atoms with van der Waals surface area (Å²) in [5, 5.41) is 13.8. The molecule has 2 aromatic rings. The summed E-state index contributed by atoms with van der Waals surface area (Å²) in [5.74, 6) is 0. The van der Waals surface area contributed by atoms with Crippen LogP contribution in [0.2, 0.25) is 0 Å². The highest BCUT2D eigenvalue weighted by Crippen LogP contribution is 2.26. The lowest BCUT2D eigenvalue weighted by Gasteiger charge is -2.11. The molecule has 27 heavy (non-hydrogen) atoms. The first kappa shape index (κ1) is 20.3. The third-order valence-corrected chi connectivity index (χ3v) is 5.65. The lowest BCUT2D eigenvalue weighted by atomic mass is 10.2. The minimum atomic E-state index is -3.66. The molecule has 2 rings (SSSR count). The van der Waals surface area contributed by atoms with Gasteiger partial charge in [0.05, 0.1) is 27.2 Å². The fraction of sp³-hybridized carbons (Fsp3) is 0.263. The van der Waals surface area contributed by atoms with Crippen molar-refractivity contribution >= 4 is 27.2 Å². The van der Waals surface area contributed by atoms with E-state index in [1.165, 1.54) is 30.3 Å². The number of nitrogen functional groups attached to an aromatic ring is 1. The molecule has 0 radical (unpaired) electrons. The molecule has 0 aromatic heterocycles. The maximum atomic E-state index is 12.6. The largest absolute Gasteiger partial charge is 0.397 e. The van der Waals surface area contributed by atoms with Gasteiger partial charge in [0.2, 0.25) is 9.84 Å². The Morgan fingerprint density at radius 3 is 2.44 bits per heavy atom. The average molecular weight is 386 g/mol. The SMILES string of the molecule is N#CCCCCCNC(=O)Nc1ccc(S(=O)(=O)c2ccccc2)cc1N. The topological polar surface area (TPSA) is 125 Å². The summed E-state index contributed by atoms with van der Waals surface area (Å²) < 4.78 is 25.2. The van der Waals surface area contributed by atoms with Gasteiger partial charge in [-0.05, 0) is 43.2 Å². The number of hydrogen-bond acceptors (Lipinski definition) is 5. The second kappa shape index (κ2) is 9.59. The van der Waals surface area contributed by atoms with Crippen LogP contribution in [-0.2, 0) is 9.84 Å².